The van der Waals surface area contributed by atoms with Crippen LogP contribution in [0, 0.1) is 0 Å². The van der Waals surface area contributed by atoms with E-state index in [0.717, 1.165) is 5.56 Å². The van der Waals surface area contributed by atoms with Crippen LogP contribution in [0.3, 0.4) is 0 Å². The zero-order chi connectivity index (χ0) is 12.3. The lowest BCUT2D eigenvalue weighted by Crippen LogP contribution is -2.48. The molecule has 1 amide bonds. The summed E-state index contributed by atoms with van der Waals surface area (Å²) in [7, 11) is 0. The summed E-state index contributed by atoms with van der Waals surface area (Å²) in [4.78, 5) is 14.0. The zero-order valence-corrected chi connectivity index (χ0v) is 10.6. The van der Waals surface area contributed by atoms with Gasteiger partial charge in [-0.3, -0.25) is 4.79 Å². The van der Waals surface area contributed by atoms with E-state index >= 15 is 0 Å². The van der Waals surface area contributed by atoms with Gasteiger partial charge in [-0.15, -0.1) is 11.6 Å². The lowest BCUT2D eigenvalue weighted by atomic mass is 10.1. The molecule has 3 nitrogen and oxygen atoms in total. The molecule has 0 N–H and O–H groups in total. The van der Waals surface area contributed by atoms with Crippen molar-refractivity contribution in [2.24, 2.45) is 0 Å². The van der Waals surface area contributed by atoms with Crippen molar-refractivity contribution in [1.29, 1.82) is 0 Å². The summed E-state index contributed by atoms with van der Waals surface area (Å²) in [5.41, 5.74) is 0.845. The molecule has 17 heavy (non-hydrogen) atoms. The monoisotopic (exact) mass is 253 g/mol. The van der Waals surface area contributed by atoms with Crippen molar-refractivity contribution < 1.29 is 9.53 Å². The Balaban J connectivity index is 2.09. The number of nitrogens with zero attached hydrogens (tertiary/aromatic N) is 1. The van der Waals surface area contributed by atoms with Gasteiger partial charge in [-0.25, -0.2) is 0 Å². The fourth-order valence-corrected chi connectivity index (χ4v) is 2.24. The van der Waals surface area contributed by atoms with Crippen molar-refractivity contribution in [3.63, 3.8) is 0 Å². The molecule has 1 aliphatic rings. The van der Waals surface area contributed by atoms with Crippen LogP contribution in [0.25, 0.3) is 0 Å². The molecule has 0 spiro atoms. The molecule has 92 valence electrons. The Morgan fingerprint density at radius 1 is 1.47 bits per heavy atom. The second kappa shape index (κ2) is 5.52. The maximum Gasteiger partial charge on any atom is 0.245 e. The predicted octanol–water partition coefficient (Wildman–Crippen LogP) is 2.21. The number of rotatable bonds is 2. The minimum Gasteiger partial charge on any atom is -0.377 e. The number of morpholine rings is 1. The van der Waals surface area contributed by atoms with Crippen molar-refractivity contribution in [2.75, 3.05) is 19.8 Å². The third-order valence-electron chi connectivity index (χ3n) is 2.96. The lowest BCUT2D eigenvalue weighted by molar-refractivity contribution is -0.138. The van der Waals surface area contributed by atoms with Crippen LogP contribution in [0.2, 0.25) is 0 Å². The smallest absolute Gasteiger partial charge is 0.245 e. The van der Waals surface area contributed by atoms with Crippen LogP contribution in [0.4, 0.5) is 0 Å². The molecule has 0 aliphatic carbocycles. The minimum absolute atomic E-state index is 0.0336. The molecule has 0 bridgehead atoms. The van der Waals surface area contributed by atoms with Gasteiger partial charge < -0.3 is 9.64 Å². The Hall–Kier alpha value is -1.06. The van der Waals surface area contributed by atoms with E-state index in [1.807, 2.05) is 37.3 Å². The number of alkyl halides is 1. The van der Waals surface area contributed by atoms with Crippen LogP contribution < -0.4 is 0 Å². The van der Waals surface area contributed by atoms with E-state index in [9.17, 15) is 4.79 Å². The van der Waals surface area contributed by atoms with Crippen molar-refractivity contribution >= 4 is 17.5 Å². The quantitative estimate of drug-likeness (QED) is 0.757. The normalized spacial score (nSPS) is 22.2. The molecule has 2 atom stereocenters. The number of halogens is 1. The molecule has 2 unspecified atom stereocenters. The summed E-state index contributed by atoms with van der Waals surface area (Å²) >= 11 is 6.22. The van der Waals surface area contributed by atoms with Crippen molar-refractivity contribution in [2.45, 2.75) is 18.3 Å². The van der Waals surface area contributed by atoms with Gasteiger partial charge in [0.05, 0.1) is 19.3 Å². The zero-order valence-electron chi connectivity index (χ0n) is 9.80. The second-order valence-electron chi connectivity index (χ2n) is 4.23. The summed E-state index contributed by atoms with van der Waals surface area (Å²) in [6, 6.07) is 9.54. The van der Waals surface area contributed by atoms with E-state index in [0.29, 0.717) is 19.8 Å². The Kier molecular flexibility index (Phi) is 4.02. The Morgan fingerprint density at radius 2 is 2.18 bits per heavy atom. The first-order valence-electron chi connectivity index (χ1n) is 5.77. The summed E-state index contributed by atoms with van der Waals surface area (Å²) in [6.07, 6.45) is 0. The lowest BCUT2D eigenvalue weighted by Gasteiger charge is -2.34. The summed E-state index contributed by atoms with van der Waals surface area (Å²) < 4.78 is 5.31. The van der Waals surface area contributed by atoms with Gasteiger partial charge in [-0.2, -0.15) is 0 Å². The van der Waals surface area contributed by atoms with Gasteiger partial charge in [0, 0.05) is 6.54 Å². The van der Waals surface area contributed by atoms with E-state index in [1.54, 1.807) is 4.90 Å². The van der Waals surface area contributed by atoms with Gasteiger partial charge in [-0.1, -0.05) is 30.3 Å². The molecule has 1 aliphatic heterocycles. The SMILES string of the molecule is CC1COCCN1C(=O)C(Cl)c1ccccc1. The average molecular weight is 254 g/mol. The van der Waals surface area contributed by atoms with Crippen LogP contribution in [-0.2, 0) is 9.53 Å². The topological polar surface area (TPSA) is 29.5 Å². The van der Waals surface area contributed by atoms with Gasteiger partial charge >= 0.3 is 0 Å². The first kappa shape index (κ1) is 12.4. The first-order chi connectivity index (χ1) is 8.20. The number of benzene rings is 1. The van der Waals surface area contributed by atoms with Gasteiger partial charge in [0.1, 0.15) is 5.38 Å². The van der Waals surface area contributed by atoms with Gasteiger partial charge in [0.2, 0.25) is 5.91 Å². The molecule has 1 saturated heterocycles. The third-order valence-corrected chi connectivity index (χ3v) is 3.40. The molecule has 1 aromatic carbocycles. The largest absolute Gasteiger partial charge is 0.377 e. The maximum atomic E-state index is 12.2. The van der Waals surface area contributed by atoms with Gasteiger partial charge in [-0.05, 0) is 12.5 Å². The number of hydrogen-bond donors (Lipinski definition) is 0. The number of hydrogen-bond acceptors (Lipinski definition) is 2. The predicted molar refractivity (Wildman–Crippen MR) is 67.0 cm³/mol. The van der Waals surface area contributed by atoms with Crippen LogP contribution in [0.5, 0.6) is 0 Å². The molecule has 4 heteroatoms. The van der Waals surface area contributed by atoms with Crippen molar-refractivity contribution in [3.05, 3.63) is 35.9 Å². The van der Waals surface area contributed by atoms with Crippen LogP contribution in [0.15, 0.2) is 30.3 Å². The van der Waals surface area contributed by atoms with E-state index < -0.39 is 5.38 Å². The number of carbonyl (C=O) groups excluding carboxylic acids is 1. The van der Waals surface area contributed by atoms with Crippen LogP contribution in [-0.4, -0.2) is 36.6 Å². The highest BCUT2D eigenvalue weighted by molar-refractivity contribution is 6.30. The highest BCUT2D eigenvalue weighted by atomic mass is 35.5. The molecule has 0 radical (unpaired) electrons. The average Bonchev–Trinajstić information content (AvgIpc) is 2.39. The van der Waals surface area contributed by atoms with Crippen molar-refractivity contribution in [1.82, 2.24) is 4.90 Å². The van der Waals surface area contributed by atoms with E-state index in [-0.39, 0.29) is 11.9 Å². The standard InChI is InChI=1S/C13H16ClNO2/c1-10-9-17-8-7-15(10)13(16)12(14)11-5-3-2-4-6-11/h2-6,10,12H,7-9H2,1H3. The molecular formula is C13H16ClNO2. The fraction of sp³-hybridized carbons (Fsp3) is 0.462. The molecule has 0 aromatic heterocycles. The van der Waals surface area contributed by atoms with E-state index in [1.165, 1.54) is 0 Å². The molecule has 2 rings (SSSR count). The highest BCUT2D eigenvalue weighted by Crippen LogP contribution is 2.24. The number of carbonyl (C=O) groups is 1. The minimum atomic E-state index is -0.600. The first-order valence-corrected chi connectivity index (χ1v) is 6.21. The van der Waals surface area contributed by atoms with Crippen LogP contribution in [0.1, 0.15) is 17.9 Å². The third kappa shape index (κ3) is 2.79. The summed E-state index contributed by atoms with van der Waals surface area (Å²) in [5, 5.41) is -0.600. The summed E-state index contributed by atoms with van der Waals surface area (Å²) in [5.74, 6) is -0.0336. The van der Waals surface area contributed by atoms with E-state index in [4.69, 9.17) is 16.3 Å². The number of ether oxygens (including phenoxy) is 1. The summed E-state index contributed by atoms with van der Waals surface area (Å²) in [6.45, 7) is 3.78. The fourth-order valence-electron chi connectivity index (χ4n) is 1.96. The van der Waals surface area contributed by atoms with E-state index in [2.05, 4.69) is 0 Å². The Morgan fingerprint density at radius 3 is 2.82 bits per heavy atom. The Labute approximate surface area is 106 Å². The highest BCUT2D eigenvalue weighted by Gasteiger charge is 2.29. The molecular weight excluding hydrogens is 238 g/mol. The number of amides is 1. The molecule has 1 heterocycles. The van der Waals surface area contributed by atoms with Crippen LogP contribution >= 0.6 is 11.6 Å². The molecule has 0 saturated carbocycles. The molecule has 1 fully saturated rings. The molecule has 1 aromatic rings. The maximum absolute atomic E-state index is 12.2. The van der Waals surface area contributed by atoms with Gasteiger partial charge in [0.25, 0.3) is 0 Å². The Bertz CT molecular complexity index is 382. The second-order valence-corrected chi connectivity index (χ2v) is 4.67. The van der Waals surface area contributed by atoms with Gasteiger partial charge in [0.15, 0.2) is 0 Å². The van der Waals surface area contributed by atoms with Crippen molar-refractivity contribution in [3.8, 4) is 0 Å².